The lowest BCUT2D eigenvalue weighted by atomic mass is 9.85. The van der Waals surface area contributed by atoms with Gasteiger partial charge in [-0.25, -0.2) is 14.6 Å². The maximum atomic E-state index is 11.5. The van der Waals surface area contributed by atoms with E-state index in [1.165, 1.54) is 18.1 Å². The molecule has 1 atom stereocenters. The van der Waals surface area contributed by atoms with Crippen LogP contribution >= 0.6 is 0 Å². The van der Waals surface area contributed by atoms with Crippen molar-refractivity contribution in [3.8, 4) is 0 Å². The number of esters is 1. The fourth-order valence-corrected chi connectivity index (χ4v) is 2.66. The van der Waals surface area contributed by atoms with Gasteiger partial charge in [-0.15, -0.1) is 0 Å². The lowest BCUT2D eigenvalue weighted by Gasteiger charge is -2.35. The monoisotopic (exact) mass is 334 g/mol. The van der Waals surface area contributed by atoms with E-state index in [4.69, 9.17) is 0 Å². The molecule has 0 aliphatic rings. The molecule has 0 fully saturated rings. The standard InChI is InChI=1S/C16H26N6O2/c1-11(16(2,3)9-21(4)5)20-14-12-7-19-22(8-13(23)24-6)15(12)18-10-17-14/h7,10-11H,8-9H2,1-6H3,(H,17,18,20). The first-order valence-electron chi connectivity index (χ1n) is 7.89. The molecule has 132 valence electrons. The van der Waals surface area contributed by atoms with Gasteiger partial charge in [-0.3, -0.25) is 4.79 Å². The summed E-state index contributed by atoms with van der Waals surface area (Å²) in [6.07, 6.45) is 3.15. The summed E-state index contributed by atoms with van der Waals surface area (Å²) in [7, 11) is 5.48. The Morgan fingerprint density at radius 2 is 2.12 bits per heavy atom. The van der Waals surface area contributed by atoms with Crippen LogP contribution in [0, 0.1) is 5.41 Å². The Morgan fingerprint density at radius 3 is 2.75 bits per heavy atom. The van der Waals surface area contributed by atoms with E-state index in [-0.39, 0.29) is 24.0 Å². The number of nitrogens with one attached hydrogen (secondary N) is 1. The van der Waals surface area contributed by atoms with Gasteiger partial charge in [0.05, 0.1) is 18.7 Å². The van der Waals surface area contributed by atoms with Crippen LogP contribution in [-0.4, -0.2) is 64.4 Å². The molecule has 2 heterocycles. The fourth-order valence-electron chi connectivity index (χ4n) is 2.66. The molecule has 0 aromatic carbocycles. The Labute approximate surface area is 142 Å². The van der Waals surface area contributed by atoms with Crippen LogP contribution in [0.1, 0.15) is 20.8 Å². The van der Waals surface area contributed by atoms with E-state index in [9.17, 15) is 4.79 Å². The lowest BCUT2D eigenvalue weighted by Crippen LogP contribution is -2.41. The minimum Gasteiger partial charge on any atom is -0.468 e. The summed E-state index contributed by atoms with van der Waals surface area (Å²) >= 11 is 0. The molecular formula is C16H26N6O2. The maximum Gasteiger partial charge on any atom is 0.327 e. The quantitative estimate of drug-likeness (QED) is 0.766. The number of hydrogen-bond acceptors (Lipinski definition) is 7. The van der Waals surface area contributed by atoms with Crippen molar-refractivity contribution in [1.29, 1.82) is 0 Å². The average molecular weight is 334 g/mol. The van der Waals surface area contributed by atoms with E-state index in [1.54, 1.807) is 6.20 Å². The molecular weight excluding hydrogens is 308 g/mol. The van der Waals surface area contributed by atoms with E-state index in [1.807, 2.05) is 0 Å². The van der Waals surface area contributed by atoms with E-state index < -0.39 is 0 Å². The number of fused-ring (bicyclic) bond motifs is 1. The highest BCUT2D eigenvalue weighted by atomic mass is 16.5. The number of anilines is 1. The largest absolute Gasteiger partial charge is 0.468 e. The predicted octanol–water partition coefficient (Wildman–Crippen LogP) is 1.39. The van der Waals surface area contributed by atoms with Gasteiger partial charge in [-0.05, 0) is 26.4 Å². The smallest absolute Gasteiger partial charge is 0.327 e. The summed E-state index contributed by atoms with van der Waals surface area (Å²) in [6.45, 7) is 7.53. The highest BCUT2D eigenvalue weighted by Gasteiger charge is 2.27. The molecule has 0 saturated carbocycles. The van der Waals surface area contributed by atoms with Gasteiger partial charge in [0.15, 0.2) is 5.65 Å². The molecule has 1 N–H and O–H groups in total. The van der Waals surface area contributed by atoms with Gasteiger partial charge < -0.3 is 15.0 Å². The molecule has 0 amide bonds. The molecule has 0 saturated heterocycles. The van der Waals surface area contributed by atoms with E-state index in [2.05, 4.69) is 64.9 Å². The molecule has 0 spiro atoms. The molecule has 2 rings (SSSR count). The molecule has 2 aromatic heterocycles. The Morgan fingerprint density at radius 1 is 1.42 bits per heavy atom. The zero-order chi connectivity index (χ0) is 17.9. The van der Waals surface area contributed by atoms with Gasteiger partial charge in [0, 0.05) is 12.6 Å². The second-order valence-corrected chi connectivity index (χ2v) is 6.93. The fraction of sp³-hybridized carbons (Fsp3) is 0.625. The zero-order valence-corrected chi connectivity index (χ0v) is 15.2. The Bertz CT molecular complexity index is 710. The SMILES string of the molecule is COC(=O)Cn1ncc2c(NC(C)C(C)(C)CN(C)C)ncnc21. The third-order valence-electron chi connectivity index (χ3n) is 4.19. The molecule has 0 radical (unpaired) electrons. The summed E-state index contributed by atoms with van der Waals surface area (Å²) in [5.41, 5.74) is 0.651. The number of aromatic nitrogens is 4. The molecule has 1 unspecified atom stereocenters. The summed E-state index contributed by atoms with van der Waals surface area (Å²) < 4.78 is 6.20. The van der Waals surface area contributed by atoms with Gasteiger partial charge >= 0.3 is 5.97 Å². The van der Waals surface area contributed by atoms with Crippen molar-refractivity contribution >= 4 is 22.8 Å². The topological polar surface area (TPSA) is 85.2 Å². The zero-order valence-electron chi connectivity index (χ0n) is 15.2. The van der Waals surface area contributed by atoms with E-state index in [0.717, 1.165) is 17.7 Å². The first-order chi connectivity index (χ1) is 11.2. The van der Waals surface area contributed by atoms with Crippen LogP contribution in [0.2, 0.25) is 0 Å². The van der Waals surface area contributed by atoms with Crippen molar-refractivity contribution in [3.05, 3.63) is 12.5 Å². The van der Waals surface area contributed by atoms with Gasteiger partial charge in [0.25, 0.3) is 0 Å². The van der Waals surface area contributed by atoms with Crippen molar-refractivity contribution in [2.24, 2.45) is 5.41 Å². The van der Waals surface area contributed by atoms with Gasteiger partial charge in [0.1, 0.15) is 18.7 Å². The number of nitrogens with zero attached hydrogens (tertiary/aromatic N) is 5. The first-order valence-corrected chi connectivity index (χ1v) is 7.89. The third kappa shape index (κ3) is 4.00. The Hall–Kier alpha value is -2.22. The number of rotatable bonds is 7. The lowest BCUT2D eigenvalue weighted by molar-refractivity contribution is -0.141. The normalized spacial score (nSPS) is 13.3. The minimum absolute atomic E-state index is 0.0259. The molecule has 0 aliphatic heterocycles. The van der Waals surface area contributed by atoms with E-state index in [0.29, 0.717) is 5.65 Å². The van der Waals surface area contributed by atoms with Crippen LogP contribution in [-0.2, 0) is 16.1 Å². The summed E-state index contributed by atoms with van der Waals surface area (Å²) in [6, 6.07) is 0.182. The molecule has 8 nitrogen and oxygen atoms in total. The van der Waals surface area contributed by atoms with Crippen molar-refractivity contribution < 1.29 is 9.53 Å². The number of carbonyl (C=O) groups excluding carboxylic acids is 1. The third-order valence-corrected chi connectivity index (χ3v) is 4.19. The van der Waals surface area contributed by atoms with Crippen molar-refractivity contribution in [2.75, 3.05) is 33.1 Å². The van der Waals surface area contributed by atoms with Crippen molar-refractivity contribution in [3.63, 3.8) is 0 Å². The number of methoxy groups -OCH3 is 1. The summed E-state index contributed by atoms with van der Waals surface area (Å²) in [5, 5.41) is 8.48. The number of carbonyl (C=O) groups is 1. The molecule has 8 heteroatoms. The summed E-state index contributed by atoms with van der Waals surface area (Å²) in [4.78, 5) is 22.2. The van der Waals surface area contributed by atoms with Crippen LogP contribution in [0.25, 0.3) is 11.0 Å². The second kappa shape index (κ2) is 7.12. The number of ether oxygens (including phenoxy) is 1. The molecule has 0 bridgehead atoms. The number of hydrogen-bond donors (Lipinski definition) is 1. The van der Waals surface area contributed by atoms with Crippen molar-refractivity contribution in [2.45, 2.75) is 33.4 Å². The highest BCUT2D eigenvalue weighted by Crippen LogP contribution is 2.26. The van der Waals surface area contributed by atoms with Crippen LogP contribution in [0.4, 0.5) is 5.82 Å². The molecule has 24 heavy (non-hydrogen) atoms. The molecule has 0 aliphatic carbocycles. The Balaban J connectivity index is 2.25. The van der Waals surface area contributed by atoms with E-state index >= 15 is 0 Å². The van der Waals surface area contributed by atoms with Gasteiger partial charge in [0.2, 0.25) is 0 Å². The first kappa shape index (κ1) is 18.1. The predicted molar refractivity (Wildman–Crippen MR) is 92.8 cm³/mol. The maximum absolute atomic E-state index is 11.5. The average Bonchev–Trinajstić information content (AvgIpc) is 2.90. The van der Waals surface area contributed by atoms with Gasteiger partial charge in [-0.2, -0.15) is 5.10 Å². The van der Waals surface area contributed by atoms with Crippen LogP contribution in [0.5, 0.6) is 0 Å². The van der Waals surface area contributed by atoms with Gasteiger partial charge in [-0.1, -0.05) is 13.8 Å². The minimum atomic E-state index is -0.367. The Kier molecular flexibility index (Phi) is 5.38. The second-order valence-electron chi connectivity index (χ2n) is 6.93. The van der Waals surface area contributed by atoms with Crippen LogP contribution in [0.15, 0.2) is 12.5 Å². The summed E-state index contributed by atoms with van der Waals surface area (Å²) in [5.74, 6) is 0.351. The molecule has 2 aromatic rings. The van der Waals surface area contributed by atoms with Crippen molar-refractivity contribution in [1.82, 2.24) is 24.6 Å². The highest BCUT2D eigenvalue weighted by molar-refractivity contribution is 5.87. The van der Waals surface area contributed by atoms with Crippen LogP contribution < -0.4 is 5.32 Å². The van der Waals surface area contributed by atoms with Crippen LogP contribution in [0.3, 0.4) is 0 Å².